The molecule has 0 aromatic carbocycles. The molecule has 1 aromatic rings. The van der Waals surface area contributed by atoms with Gasteiger partial charge in [-0.3, -0.25) is 0 Å². The van der Waals surface area contributed by atoms with Crippen LogP contribution in [-0.2, 0) is 0 Å². The average molecular weight is 247 g/mol. The summed E-state index contributed by atoms with van der Waals surface area (Å²) in [4.78, 5) is 4.16. The maximum absolute atomic E-state index is 4.16. The minimum absolute atomic E-state index is 0.670. The van der Waals surface area contributed by atoms with Gasteiger partial charge in [0.1, 0.15) is 0 Å². The summed E-state index contributed by atoms with van der Waals surface area (Å²) in [5, 5.41) is 0. The van der Waals surface area contributed by atoms with E-state index in [1.165, 1.54) is 24.3 Å². The van der Waals surface area contributed by atoms with E-state index in [2.05, 4.69) is 43.4 Å². The van der Waals surface area contributed by atoms with E-state index in [-0.39, 0.29) is 0 Å². The smallest absolute Gasteiger partial charge is 0.177 e. The molecular weight excluding hydrogens is 236 g/mol. The minimum atomic E-state index is 0.670. The van der Waals surface area contributed by atoms with Gasteiger partial charge in [-0.05, 0) is 40.3 Å². The van der Waals surface area contributed by atoms with Gasteiger partial charge in [-0.1, -0.05) is 0 Å². The van der Waals surface area contributed by atoms with Crippen LogP contribution in [0.2, 0.25) is 0 Å². The first-order chi connectivity index (χ1) is 5.88. The second-order valence-electron chi connectivity index (χ2n) is 2.95. The lowest BCUT2D eigenvalue weighted by molar-refractivity contribution is 0.461. The number of hydrogen-bond donors (Lipinski definition) is 0. The highest BCUT2D eigenvalue weighted by atomic mass is 79.9. The SMILES string of the molecule is Brc1nccn1C1CCSCC1. The van der Waals surface area contributed by atoms with Gasteiger partial charge < -0.3 is 4.57 Å². The Morgan fingerprint density at radius 3 is 2.83 bits per heavy atom. The normalized spacial score (nSPS) is 19.8. The van der Waals surface area contributed by atoms with Gasteiger partial charge >= 0.3 is 0 Å². The topological polar surface area (TPSA) is 17.8 Å². The molecule has 4 heteroatoms. The van der Waals surface area contributed by atoms with E-state index in [4.69, 9.17) is 0 Å². The average Bonchev–Trinajstić information content (AvgIpc) is 2.53. The van der Waals surface area contributed by atoms with Crippen LogP contribution in [0.4, 0.5) is 0 Å². The van der Waals surface area contributed by atoms with E-state index in [0.29, 0.717) is 6.04 Å². The van der Waals surface area contributed by atoms with Crippen LogP contribution in [0.15, 0.2) is 17.1 Å². The van der Waals surface area contributed by atoms with Crippen molar-refractivity contribution < 1.29 is 0 Å². The van der Waals surface area contributed by atoms with Gasteiger partial charge in [0.15, 0.2) is 4.73 Å². The highest BCUT2D eigenvalue weighted by Gasteiger charge is 2.16. The van der Waals surface area contributed by atoms with Crippen molar-refractivity contribution in [2.45, 2.75) is 18.9 Å². The van der Waals surface area contributed by atoms with Crippen LogP contribution in [0.1, 0.15) is 18.9 Å². The maximum Gasteiger partial charge on any atom is 0.177 e. The molecule has 1 aromatic heterocycles. The summed E-state index contributed by atoms with van der Waals surface area (Å²) in [6.07, 6.45) is 6.47. The third-order valence-electron chi connectivity index (χ3n) is 2.21. The lowest BCUT2D eigenvalue weighted by atomic mass is 10.1. The van der Waals surface area contributed by atoms with Crippen LogP contribution >= 0.6 is 27.7 Å². The molecule has 0 unspecified atom stereocenters. The van der Waals surface area contributed by atoms with Crippen molar-refractivity contribution in [3.8, 4) is 0 Å². The fraction of sp³-hybridized carbons (Fsp3) is 0.625. The Morgan fingerprint density at radius 1 is 1.50 bits per heavy atom. The fourth-order valence-corrected chi connectivity index (χ4v) is 3.14. The van der Waals surface area contributed by atoms with Crippen LogP contribution in [0.3, 0.4) is 0 Å². The fourth-order valence-electron chi connectivity index (χ4n) is 1.53. The quantitative estimate of drug-likeness (QED) is 0.759. The molecule has 0 atom stereocenters. The molecule has 1 fully saturated rings. The molecule has 1 saturated heterocycles. The van der Waals surface area contributed by atoms with E-state index < -0.39 is 0 Å². The third kappa shape index (κ3) is 1.69. The molecule has 1 aliphatic heterocycles. The molecule has 0 spiro atoms. The predicted octanol–water partition coefficient (Wildman–Crippen LogP) is 2.71. The largest absolute Gasteiger partial charge is 0.323 e. The summed E-state index contributed by atoms with van der Waals surface area (Å²) in [6, 6.07) is 0.670. The third-order valence-corrected chi connectivity index (χ3v) is 3.87. The van der Waals surface area contributed by atoms with Crippen LogP contribution < -0.4 is 0 Å². The molecule has 0 N–H and O–H groups in total. The van der Waals surface area contributed by atoms with Gasteiger partial charge in [0.2, 0.25) is 0 Å². The Morgan fingerprint density at radius 2 is 2.25 bits per heavy atom. The second kappa shape index (κ2) is 3.83. The molecule has 2 rings (SSSR count). The summed E-state index contributed by atoms with van der Waals surface area (Å²) in [6.45, 7) is 0. The van der Waals surface area contributed by atoms with Gasteiger partial charge in [0.05, 0.1) is 0 Å². The number of thioether (sulfide) groups is 1. The van der Waals surface area contributed by atoms with E-state index in [9.17, 15) is 0 Å². The monoisotopic (exact) mass is 246 g/mol. The van der Waals surface area contributed by atoms with Crippen molar-refractivity contribution in [3.05, 3.63) is 17.1 Å². The molecule has 0 radical (unpaired) electrons. The molecule has 0 bridgehead atoms. The van der Waals surface area contributed by atoms with E-state index in [1.54, 1.807) is 0 Å². The highest BCUT2D eigenvalue weighted by molar-refractivity contribution is 9.10. The zero-order chi connectivity index (χ0) is 8.39. The van der Waals surface area contributed by atoms with Gasteiger partial charge in [-0.15, -0.1) is 0 Å². The number of imidazole rings is 1. The standard InChI is InChI=1S/C8H11BrN2S/c9-8-10-3-4-11(8)7-1-5-12-6-2-7/h3-4,7H,1-2,5-6H2. The summed E-state index contributed by atoms with van der Waals surface area (Å²) in [5.74, 6) is 2.57. The van der Waals surface area contributed by atoms with Crippen LogP contribution in [-0.4, -0.2) is 21.1 Å². The van der Waals surface area contributed by atoms with Gasteiger partial charge in [0.25, 0.3) is 0 Å². The molecule has 1 aliphatic rings. The molecule has 0 saturated carbocycles. The Bertz CT molecular complexity index is 255. The van der Waals surface area contributed by atoms with Crippen molar-refractivity contribution in [2.24, 2.45) is 0 Å². The predicted molar refractivity (Wildman–Crippen MR) is 55.5 cm³/mol. The van der Waals surface area contributed by atoms with Crippen LogP contribution in [0.25, 0.3) is 0 Å². The highest BCUT2D eigenvalue weighted by Crippen LogP contribution is 2.28. The Balaban J connectivity index is 2.13. The zero-order valence-electron chi connectivity index (χ0n) is 6.74. The molecule has 66 valence electrons. The first-order valence-electron chi connectivity index (χ1n) is 4.14. The second-order valence-corrected chi connectivity index (χ2v) is 4.88. The van der Waals surface area contributed by atoms with Crippen LogP contribution in [0, 0.1) is 0 Å². The number of hydrogen-bond acceptors (Lipinski definition) is 2. The molecule has 12 heavy (non-hydrogen) atoms. The van der Waals surface area contributed by atoms with Crippen LogP contribution in [0.5, 0.6) is 0 Å². The number of rotatable bonds is 1. The van der Waals surface area contributed by atoms with Crippen molar-refractivity contribution in [1.82, 2.24) is 9.55 Å². The number of aromatic nitrogens is 2. The van der Waals surface area contributed by atoms with Crippen molar-refractivity contribution in [1.29, 1.82) is 0 Å². The number of nitrogens with zero attached hydrogens (tertiary/aromatic N) is 2. The first-order valence-corrected chi connectivity index (χ1v) is 6.09. The Kier molecular flexibility index (Phi) is 2.76. The molecule has 2 nitrogen and oxygen atoms in total. The van der Waals surface area contributed by atoms with Crippen molar-refractivity contribution in [3.63, 3.8) is 0 Å². The molecular formula is C8H11BrN2S. The Labute approximate surface area is 84.9 Å². The summed E-state index contributed by atoms with van der Waals surface area (Å²) >= 11 is 5.50. The van der Waals surface area contributed by atoms with E-state index in [1.807, 2.05) is 6.20 Å². The lowest BCUT2D eigenvalue weighted by Gasteiger charge is -2.23. The van der Waals surface area contributed by atoms with Crippen molar-refractivity contribution >= 4 is 27.7 Å². The summed E-state index contributed by atoms with van der Waals surface area (Å²) < 4.78 is 3.21. The van der Waals surface area contributed by atoms with Gasteiger partial charge in [0, 0.05) is 18.4 Å². The van der Waals surface area contributed by atoms with E-state index >= 15 is 0 Å². The molecule has 2 heterocycles. The summed E-state index contributed by atoms with van der Waals surface area (Å²) in [5.41, 5.74) is 0. The Hall–Kier alpha value is 0.0400. The maximum atomic E-state index is 4.16. The minimum Gasteiger partial charge on any atom is -0.323 e. The molecule has 0 amide bonds. The van der Waals surface area contributed by atoms with Gasteiger partial charge in [-0.25, -0.2) is 4.98 Å². The van der Waals surface area contributed by atoms with E-state index in [0.717, 1.165) is 4.73 Å². The van der Waals surface area contributed by atoms with Gasteiger partial charge in [-0.2, -0.15) is 11.8 Å². The van der Waals surface area contributed by atoms with Crippen molar-refractivity contribution in [2.75, 3.05) is 11.5 Å². The lowest BCUT2D eigenvalue weighted by Crippen LogP contribution is -2.14. The molecule has 0 aliphatic carbocycles. The zero-order valence-corrected chi connectivity index (χ0v) is 9.14. The first kappa shape index (κ1) is 8.63. The number of halogens is 1. The summed E-state index contributed by atoms with van der Waals surface area (Å²) in [7, 11) is 0.